The Hall–Kier alpha value is -3.46. The van der Waals surface area contributed by atoms with Crippen LogP contribution >= 0.6 is 11.8 Å². The highest BCUT2D eigenvalue weighted by Crippen LogP contribution is 2.45. The Morgan fingerprint density at radius 1 is 1.07 bits per heavy atom. The summed E-state index contributed by atoms with van der Waals surface area (Å²) in [6.07, 6.45) is 5.61. The van der Waals surface area contributed by atoms with Crippen LogP contribution in [0.2, 0.25) is 0 Å². The smallest absolute Gasteiger partial charge is 0.278 e. The molecule has 45 heavy (non-hydrogen) atoms. The summed E-state index contributed by atoms with van der Waals surface area (Å²) < 4.78 is 69.2. The second-order valence-corrected chi connectivity index (χ2v) is 13.4. The molecule has 0 aliphatic carbocycles. The number of carbonyl (C=O) groups excluding carboxylic acids is 1. The molecule has 2 unspecified atom stereocenters. The van der Waals surface area contributed by atoms with E-state index in [0.29, 0.717) is 31.6 Å². The molecule has 1 fully saturated rings. The van der Waals surface area contributed by atoms with Crippen LogP contribution in [0.3, 0.4) is 0 Å². The van der Waals surface area contributed by atoms with Crippen LogP contribution in [0.4, 0.5) is 8.78 Å². The summed E-state index contributed by atoms with van der Waals surface area (Å²) in [7, 11) is -3.67. The highest BCUT2D eigenvalue weighted by atomic mass is 32.2. The number of rotatable bonds is 7. The number of thioether (sulfide) groups is 1. The van der Waals surface area contributed by atoms with Gasteiger partial charge in [-0.25, -0.2) is 8.78 Å². The summed E-state index contributed by atoms with van der Waals surface area (Å²) in [5.41, 5.74) is 1.54. The number of amides is 1. The van der Waals surface area contributed by atoms with Gasteiger partial charge in [-0.05, 0) is 29.7 Å². The molecule has 1 amide bonds. The van der Waals surface area contributed by atoms with Gasteiger partial charge in [-0.15, -0.1) is 11.8 Å². The Kier molecular flexibility index (Phi) is 10.2. The molecule has 1 saturated heterocycles. The Morgan fingerprint density at radius 2 is 1.82 bits per heavy atom. The first-order valence-corrected chi connectivity index (χ1v) is 17.5. The number of hydrogen-bond donors (Lipinski definition) is 1. The van der Waals surface area contributed by atoms with Crippen molar-refractivity contribution in [1.82, 2.24) is 9.58 Å². The average Bonchev–Trinajstić information content (AvgIpc) is 3.17. The van der Waals surface area contributed by atoms with Gasteiger partial charge in [-0.2, -0.15) is 8.42 Å². The van der Waals surface area contributed by atoms with Gasteiger partial charge in [0.05, 0.1) is 32.1 Å². The molecular weight excluding hydrogens is 628 g/mol. The van der Waals surface area contributed by atoms with E-state index in [1.165, 1.54) is 17.8 Å². The zero-order valence-corrected chi connectivity index (χ0v) is 26.6. The van der Waals surface area contributed by atoms with Crippen molar-refractivity contribution in [3.05, 3.63) is 92.9 Å². The zero-order valence-electron chi connectivity index (χ0n) is 24.9. The molecule has 4 heterocycles. The number of ether oxygens (including phenoxy) is 2. The Bertz CT molecular complexity index is 1730. The predicted molar refractivity (Wildman–Crippen MR) is 166 cm³/mol. The number of fused-ring (bicyclic) bond motifs is 4. The first-order chi connectivity index (χ1) is 21.5. The quantitative estimate of drug-likeness (QED) is 0.283. The summed E-state index contributed by atoms with van der Waals surface area (Å²) in [5, 5.41) is 1.96. The monoisotopic (exact) mass is 663 g/mol. The summed E-state index contributed by atoms with van der Waals surface area (Å²) in [4.78, 5) is 29.6. The third-order valence-electron chi connectivity index (χ3n) is 7.78. The molecule has 2 atom stereocenters. The van der Waals surface area contributed by atoms with Crippen molar-refractivity contribution in [1.29, 1.82) is 0 Å². The van der Waals surface area contributed by atoms with Crippen molar-refractivity contribution in [3.8, 4) is 5.75 Å². The molecule has 0 spiro atoms. The second-order valence-electron chi connectivity index (χ2n) is 10.9. The fraction of sp³-hybridized carbons (Fsp3) is 0.419. The van der Waals surface area contributed by atoms with E-state index >= 15 is 4.39 Å². The summed E-state index contributed by atoms with van der Waals surface area (Å²) in [5.74, 6) is -1.81. The lowest BCUT2D eigenvalue weighted by Crippen LogP contribution is -2.66. The van der Waals surface area contributed by atoms with Gasteiger partial charge in [0, 0.05) is 35.0 Å². The summed E-state index contributed by atoms with van der Waals surface area (Å²) >= 11 is 1.45. The van der Waals surface area contributed by atoms with Gasteiger partial charge in [-0.3, -0.25) is 23.8 Å². The third-order valence-corrected chi connectivity index (χ3v) is 8.89. The molecule has 0 bridgehead atoms. The van der Waals surface area contributed by atoms with E-state index in [0.717, 1.165) is 42.2 Å². The van der Waals surface area contributed by atoms with Crippen molar-refractivity contribution in [2.24, 2.45) is 0 Å². The Labute approximate surface area is 264 Å². The minimum atomic E-state index is -3.67. The second kappa shape index (κ2) is 13.9. The van der Waals surface area contributed by atoms with Crippen LogP contribution in [-0.4, -0.2) is 67.2 Å². The molecule has 10 nitrogen and oxygen atoms in total. The van der Waals surface area contributed by atoms with Gasteiger partial charge >= 0.3 is 0 Å². The van der Waals surface area contributed by atoms with Crippen molar-refractivity contribution in [2.75, 3.05) is 37.6 Å². The highest BCUT2D eigenvalue weighted by Gasteiger charge is 2.46. The van der Waals surface area contributed by atoms with Crippen molar-refractivity contribution in [3.63, 3.8) is 0 Å². The van der Waals surface area contributed by atoms with Gasteiger partial charge in [0.25, 0.3) is 16.0 Å². The van der Waals surface area contributed by atoms with E-state index in [-0.39, 0.29) is 40.7 Å². The van der Waals surface area contributed by atoms with Gasteiger partial charge in [0.1, 0.15) is 6.17 Å². The fourth-order valence-electron chi connectivity index (χ4n) is 5.81. The molecule has 0 saturated carbocycles. The van der Waals surface area contributed by atoms with Crippen LogP contribution in [0.25, 0.3) is 0 Å². The number of benzene rings is 2. The number of aromatic nitrogens is 1. The van der Waals surface area contributed by atoms with E-state index in [4.69, 9.17) is 14.0 Å². The van der Waals surface area contributed by atoms with Gasteiger partial charge in [-0.1, -0.05) is 50.5 Å². The fourth-order valence-corrected chi connectivity index (χ4v) is 6.93. The minimum absolute atomic E-state index is 0.0146. The maximum atomic E-state index is 15.3. The van der Waals surface area contributed by atoms with Crippen LogP contribution in [0.15, 0.2) is 58.4 Å². The molecule has 2 aromatic carbocycles. The van der Waals surface area contributed by atoms with Crippen LogP contribution in [0, 0.1) is 11.6 Å². The number of hydrogen-bond acceptors (Lipinski definition) is 8. The van der Waals surface area contributed by atoms with Gasteiger partial charge in [0.2, 0.25) is 5.43 Å². The van der Waals surface area contributed by atoms with Crippen molar-refractivity contribution in [2.45, 2.75) is 55.5 Å². The van der Waals surface area contributed by atoms with Crippen LogP contribution in [0.5, 0.6) is 5.75 Å². The third kappa shape index (κ3) is 7.03. The van der Waals surface area contributed by atoms with Crippen LogP contribution in [0.1, 0.15) is 65.8 Å². The van der Waals surface area contributed by atoms with Crippen molar-refractivity contribution < 1.29 is 36.0 Å². The van der Waals surface area contributed by atoms with E-state index in [2.05, 4.69) is 6.92 Å². The molecule has 3 aromatic rings. The molecule has 3 aliphatic rings. The Balaban J connectivity index is 0.000000743. The number of nitrogens with zero attached hydrogens (tertiary/aromatic N) is 3. The molecule has 242 valence electrons. The normalized spacial score (nSPS) is 18.9. The molecular formula is C31H35F2N3O7S2. The van der Waals surface area contributed by atoms with E-state index < -0.39 is 34.0 Å². The lowest BCUT2D eigenvalue weighted by molar-refractivity contribution is -0.0198. The maximum absolute atomic E-state index is 15.3. The van der Waals surface area contributed by atoms with E-state index in [1.54, 1.807) is 21.8 Å². The first kappa shape index (κ1) is 32.9. The number of morpholine rings is 1. The topological polar surface area (TPSA) is 118 Å². The molecule has 3 aliphatic heterocycles. The molecule has 0 radical (unpaired) electrons. The minimum Gasteiger partial charge on any atom is -0.487 e. The maximum Gasteiger partial charge on any atom is 0.278 e. The summed E-state index contributed by atoms with van der Waals surface area (Å²) in [6.45, 7) is 3.34. The standard InChI is InChI=1S/C30H31F2N3O4S.CH4O3S/c1-2-3-4-7-15-39-29-23(36)12-13-34-28(29)30(37)33-14-16-38-17-25(33)35(34)27-19-10-11-22(31)26(32)21(19)18-40-24-9-6-5-8-20(24)27;1-5(2,3)4/h5-6,8-13,25,27H,2-4,7,14-18H2,1H3;1H3,(H,2,3,4). The number of carbonyl (C=O) groups is 1. The van der Waals surface area contributed by atoms with Crippen LogP contribution in [-0.2, 0) is 20.6 Å². The molecule has 14 heteroatoms. The molecule has 1 aromatic heterocycles. The summed E-state index contributed by atoms with van der Waals surface area (Å²) in [6, 6.07) is 11.3. The average molecular weight is 664 g/mol. The zero-order chi connectivity index (χ0) is 32.3. The van der Waals surface area contributed by atoms with E-state index in [9.17, 15) is 22.4 Å². The number of pyridine rings is 1. The lowest BCUT2D eigenvalue weighted by atomic mass is 9.93. The first-order valence-electron chi connectivity index (χ1n) is 14.7. The SMILES string of the molecule is CCCCCCOc1c2n(ccc1=O)N(C1c3ccccc3SCc3c1ccc(F)c3F)C1COCCN1C2=O.CS(=O)(=O)O. The van der Waals surface area contributed by atoms with Crippen LogP contribution < -0.4 is 15.2 Å². The van der Waals surface area contributed by atoms with E-state index in [1.807, 2.05) is 29.3 Å². The largest absolute Gasteiger partial charge is 0.487 e. The van der Waals surface area contributed by atoms with Gasteiger partial charge in [0.15, 0.2) is 23.1 Å². The van der Waals surface area contributed by atoms with Gasteiger partial charge < -0.3 is 14.4 Å². The van der Waals surface area contributed by atoms with Crippen molar-refractivity contribution >= 4 is 27.8 Å². The lowest BCUT2D eigenvalue weighted by Gasteiger charge is -2.51. The Morgan fingerprint density at radius 3 is 2.58 bits per heavy atom. The predicted octanol–water partition coefficient (Wildman–Crippen LogP) is 4.74. The molecule has 6 rings (SSSR count). The number of halogens is 2. The highest BCUT2D eigenvalue weighted by molar-refractivity contribution is 7.98. The molecule has 1 N–H and O–H groups in total. The number of unbranched alkanes of at least 4 members (excludes halogenated alkanes) is 3.